The molecule has 0 saturated heterocycles. The van der Waals surface area contributed by atoms with Gasteiger partial charge in [-0.25, -0.2) is 0 Å². The number of hydrogen-bond acceptors (Lipinski definition) is 10. The molecule has 0 fully saturated rings. The Morgan fingerprint density at radius 1 is 0.625 bits per heavy atom. The number of ether oxygens (including phenoxy) is 4. The fourth-order valence-electron chi connectivity index (χ4n) is 2.97. The smallest absolute Gasteiger partial charge is 0.307 e. The zero-order valence-electron chi connectivity index (χ0n) is 20.2. The second-order valence-corrected chi connectivity index (χ2v) is 7.05. The van der Waals surface area contributed by atoms with Crippen molar-refractivity contribution in [1.82, 2.24) is 9.80 Å². The number of carbonyl (C=O) groups is 3. The summed E-state index contributed by atoms with van der Waals surface area (Å²) in [5, 5.41) is 9.88. The van der Waals surface area contributed by atoms with E-state index in [1.807, 2.05) is 16.7 Å². The van der Waals surface area contributed by atoms with Crippen molar-refractivity contribution in [2.24, 2.45) is 0 Å². The van der Waals surface area contributed by atoms with Crippen molar-refractivity contribution in [3.63, 3.8) is 0 Å². The lowest BCUT2D eigenvalue weighted by Crippen LogP contribution is -2.39. The van der Waals surface area contributed by atoms with E-state index in [1.54, 1.807) is 20.8 Å². The molecule has 0 aromatic heterocycles. The molecule has 10 nitrogen and oxygen atoms in total. The predicted molar refractivity (Wildman–Crippen MR) is 119 cm³/mol. The van der Waals surface area contributed by atoms with Crippen molar-refractivity contribution in [2.75, 3.05) is 65.7 Å². The third kappa shape index (κ3) is 16.9. The lowest BCUT2D eigenvalue weighted by molar-refractivity contribution is -0.145. The van der Waals surface area contributed by atoms with Gasteiger partial charge in [-0.2, -0.15) is 0 Å². The lowest BCUT2D eigenvalue weighted by atomic mass is 10.3. The van der Waals surface area contributed by atoms with Crippen LogP contribution in [-0.4, -0.2) is 105 Å². The number of carbonyl (C=O) groups excluding carboxylic acids is 3. The summed E-state index contributed by atoms with van der Waals surface area (Å²) in [6.07, 6.45) is 0.228. The van der Waals surface area contributed by atoms with Gasteiger partial charge in [-0.15, -0.1) is 0 Å². The maximum Gasteiger partial charge on any atom is 0.307 e. The van der Waals surface area contributed by atoms with Gasteiger partial charge in [-0.1, -0.05) is 0 Å². The molecule has 0 aliphatic carbocycles. The average molecular weight is 463 g/mol. The Hall–Kier alpha value is -1.75. The summed E-state index contributed by atoms with van der Waals surface area (Å²) in [4.78, 5) is 39.3. The van der Waals surface area contributed by atoms with Gasteiger partial charge in [0.25, 0.3) is 0 Å². The van der Waals surface area contributed by atoms with Gasteiger partial charge in [-0.3, -0.25) is 14.4 Å². The Bertz CT molecular complexity index is 496. The van der Waals surface area contributed by atoms with E-state index in [0.29, 0.717) is 72.1 Å². The molecule has 188 valence electrons. The number of aliphatic hydroxyl groups excluding tert-OH is 1. The molecule has 0 heterocycles. The minimum absolute atomic E-state index is 0.225. The molecule has 0 aromatic rings. The molecule has 0 bridgehead atoms. The molecule has 0 aromatic carbocycles. The van der Waals surface area contributed by atoms with E-state index in [0.717, 1.165) is 0 Å². The minimum Gasteiger partial charge on any atom is -0.466 e. The summed E-state index contributed by atoms with van der Waals surface area (Å²) in [7, 11) is 0. The summed E-state index contributed by atoms with van der Waals surface area (Å²) < 4.78 is 20.2. The standard InChI is InChI=1S/C22H42N2O8/c1-5-29-19(25)9-13-23(14-10-20(26)30-6-2)17-18-24(15-11-21(27)31-7-3)16-12-22(28)32-8-4/h19,25H,5-18H2,1-4H3. The number of rotatable bonds is 20. The highest BCUT2D eigenvalue weighted by Gasteiger charge is 2.16. The van der Waals surface area contributed by atoms with Crippen LogP contribution in [0.2, 0.25) is 0 Å². The lowest BCUT2D eigenvalue weighted by Gasteiger charge is -2.28. The molecule has 32 heavy (non-hydrogen) atoms. The highest BCUT2D eigenvalue weighted by Crippen LogP contribution is 2.04. The summed E-state index contributed by atoms with van der Waals surface area (Å²) in [5.74, 6) is -0.843. The largest absolute Gasteiger partial charge is 0.466 e. The van der Waals surface area contributed by atoms with Gasteiger partial charge in [0.15, 0.2) is 6.29 Å². The topological polar surface area (TPSA) is 115 Å². The van der Waals surface area contributed by atoms with Crippen LogP contribution in [0.3, 0.4) is 0 Å². The van der Waals surface area contributed by atoms with Gasteiger partial charge >= 0.3 is 17.9 Å². The van der Waals surface area contributed by atoms with Crippen molar-refractivity contribution in [1.29, 1.82) is 0 Å². The van der Waals surface area contributed by atoms with E-state index in [1.165, 1.54) is 0 Å². The molecular weight excluding hydrogens is 420 g/mol. The van der Waals surface area contributed by atoms with Gasteiger partial charge in [0.2, 0.25) is 0 Å². The van der Waals surface area contributed by atoms with Crippen LogP contribution in [0.15, 0.2) is 0 Å². The first-order valence-corrected chi connectivity index (χ1v) is 11.6. The first-order chi connectivity index (χ1) is 15.4. The van der Waals surface area contributed by atoms with Crippen LogP contribution in [0.25, 0.3) is 0 Å². The Morgan fingerprint density at radius 2 is 1.00 bits per heavy atom. The van der Waals surface area contributed by atoms with Crippen molar-refractivity contribution >= 4 is 17.9 Å². The molecule has 0 aliphatic rings. The van der Waals surface area contributed by atoms with E-state index < -0.39 is 6.29 Å². The molecule has 0 saturated carbocycles. The Morgan fingerprint density at radius 3 is 1.34 bits per heavy atom. The van der Waals surface area contributed by atoms with Gasteiger partial charge in [0.1, 0.15) is 0 Å². The van der Waals surface area contributed by atoms with Crippen LogP contribution in [0.4, 0.5) is 0 Å². The Balaban J connectivity index is 4.88. The van der Waals surface area contributed by atoms with Crippen molar-refractivity contribution in [2.45, 2.75) is 59.7 Å². The molecule has 10 heteroatoms. The summed E-state index contributed by atoms with van der Waals surface area (Å²) in [6.45, 7) is 11.6. The van der Waals surface area contributed by atoms with E-state index in [4.69, 9.17) is 18.9 Å². The number of esters is 3. The summed E-state index contributed by atoms with van der Waals surface area (Å²) in [6, 6.07) is 0. The minimum atomic E-state index is -0.867. The quantitative estimate of drug-likeness (QED) is 0.161. The van der Waals surface area contributed by atoms with Gasteiger partial charge < -0.3 is 33.9 Å². The van der Waals surface area contributed by atoms with Crippen LogP contribution >= 0.6 is 0 Å². The number of hydrogen-bond donors (Lipinski definition) is 1. The van der Waals surface area contributed by atoms with Crippen LogP contribution in [-0.2, 0) is 33.3 Å². The first-order valence-electron chi connectivity index (χ1n) is 11.6. The van der Waals surface area contributed by atoms with Gasteiger partial charge in [-0.05, 0) is 27.7 Å². The molecule has 1 atom stereocenters. The molecule has 1 N–H and O–H groups in total. The monoisotopic (exact) mass is 462 g/mol. The summed E-state index contributed by atoms with van der Waals surface area (Å²) in [5.41, 5.74) is 0. The Labute approximate surface area is 192 Å². The van der Waals surface area contributed by atoms with E-state index >= 15 is 0 Å². The third-order valence-electron chi connectivity index (χ3n) is 4.60. The molecule has 0 radical (unpaired) electrons. The maximum atomic E-state index is 11.8. The van der Waals surface area contributed by atoms with E-state index in [2.05, 4.69) is 0 Å². The number of nitrogens with zero attached hydrogens (tertiary/aromatic N) is 2. The first kappa shape index (κ1) is 30.2. The Kier molecular flexibility index (Phi) is 18.8. The molecule has 0 aliphatic heterocycles. The second-order valence-electron chi connectivity index (χ2n) is 7.05. The highest BCUT2D eigenvalue weighted by molar-refractivity contribution is 5.70. The molecule has 0 rings (SSSR count). The van der Waals surface area contributed by atoms with E-state index in [9.17, 15) is 19.5 Å². The second kappa shape index (κ2) is 19.9. The van der Waals surface area contributed by atoms with Gasteiger partial charge in [0, 0.05) is 52.3 Å². The normalized spacial score (nSPS) is 12.1. The molecular formula is C22H42N2O8. The molecule has 0 amide bonds. The SMILES string of the molecule is CCOC(=O)CCN(CCC(=O)OCC)CCN(CCC(=O)OCC)CCC(O)OCC. The van der Waals surface area contributed by atoms with E-state index in [-0.39, 0.29) is 37.2 Å². The van der Waals surface area contributed by atoms with Crippen molar-refractivity contribution < 1.29 is 38.4 Å². The molecule has 0 spiro atoms. The molecule has 1 unspecified atom stereocenters. The maximum absolute atomic E-state index is 11.8. The summed E-state index contributed by atoms with van der Waals surface area (Å²) >= 11 is 0. The van der Waals surface area contributed by atoms with Crippen molar-refractivity contribution in [3.8, 4) is 0 Å². The average Bonchev–Trinajstić information content (AvgIpc) is 2.75. The fraction of sp³-hybridized carbons (Fsp3) is 0.864. The van der Waals surface area contributed by atoms with Crippen LogP contribution < -0.4 is 0 Å². The third-order valence-corrected chi connectivity index (χ3v) is 4.60. The predicted octanol–water partition coefficient (Wildman–Crippen LogP) is 1.20. The van der Waals surface area contributed by atoms with Crippen LogP contribution in [0, 0.1) is 0 Å². The number of aliphatic hydroxyl groups is 1. The van der Waals surface area contributed by atoms with Crippen LogP contribution in [0.5, 0.6) is 0 Å². The van der Waals surface area contributed by atoms with Crippen LogP contribution in [0.1, 0.15) is 53.4 Å². The fourth-order valence-corrected chi connectivity index (χ4v) is 2.97. The zero-order valence-corrected chi connectivity index (χ0v) is 20.2. The van der Waals surface area contributed by atoms with Gasteiger partial charge in [0.05, 0.1) is 39.1 Å². The highest BCUT2D eigenvalue weighted by atomic mass is 16.6. The van der Waals surface area contributed by atoms with Crippen molar-refractivity contribution in [3.05, 3.63) is 0 Å². The zero-order chi connectivity index (χ0) is 24.2.